The minimum absolute atomic E-state index is 0.0283. The van der Waals surface area contributed by atoms with E-state index in [9.17, 15) is 17.6 Å². The number of alkyl halides is 3. The zero-order chi connectivity index (χ0) is 16.5. The SMILES string of the molecule is CC(C)(C)Cc1ccccc1-c1ccc(C(F)(F)F)c(F)c1. The maximum atomic E-state index is 13.8. The van der Waals surface area contributed by atoms with Gasteiger partial charge >= 0.3 is 6.18 Å². The largest absolute Gasteiger partial charge is 0.419 e. The summed E-state index contributed by atoms with van der Waals surface area (Å²) in [6.07, 6.45) is -3.92. The first-order valence-corrected chi connectivity index (χ1v) is 7.03. The molecule has 0 saturated heterocycles. The van der Waals surface area contributed by atoms with Crippen LogP contribution in [-0.2, 0) is 12.6 Å². The fourth-order valence-electron chi connectivity index (χ4n) is 2.44. The van der Waals surface area contributed by atoms with Crippen molar-refractivity contribution in [3.05, 3.63) is 59.4 Å². The smallest absolute Gasteiger partial charge is 0.206 e. The second kappa shape index (κ2) is 5.75. The highest BCUT2D eigenvalue weighted by Crippen LogP contribution is 2.35. The van der Waals surface area contributed by atoms with E-state index in [4.69, 9.17) is 0 Å². The molecule has 2 aromatic carbocycles. The van der Waals surface area contributed by atoms with Crippen molar-refractivity contribution in [2.45, 2.75) is 33.4 Å². The van der Waals surface area contributed by atoms with E-state index < -0.39 is 17.6 Å². The van der Waals surface area contributed by atoms with Gasteiger partial charge in [0.1, 0.15) is 5.82 Å². The Labute approximate surface area is 127 Å². The Balaban J connectivity index is 2.47. The number of halogens is 4. The van der Waals surface area contributed by atoms with Gasteiger partial charge in [0.05, 0.1) is 5.56 Å². The highest BCUT2D eigenvalue weighted by Gasteiger charge is 2.34. The van der Waals surface area contributed by atoms with Crippen LogP contribution in [0.2, 0.25) is 0 Å². The summed E-state index contributed by atoms with van der Waals surface area (Å²) >= 11 is 0. The second-order valence-corrected chi connectivity index (χ2v) is 6.59. The van der Waals surface area contributed by atoms with E-state index in [1.54, 1.807) is 6.07 Å². The van der Waals surface area contributed by atoms with E-state index in [1.807, 2.05) is 18.2 Å². The fourth-order valence-corrected chi connectivity index (χ4v) is 2.44. The van der Waals surface area contributed by atoms with Crippen LogP contribution in [0, 0.1) is 11.2 Å². The fraction of sp³-hybridized carbons (Fsp3) is 0.333. The number of hydrogen-bond donors (Lipinski definition) is 0. The molecule has 118 valence electrons. The summed E-state index contributed by atoms with van der Waals surface area (Å²) in [5.74, 6) is -1.24. The zero-order valence-corrected chi connectivity index (χ0v) is 12.8. The molecular formula is C18H18F4. The van der Waals surface area contributed by atoms with Crippen molar-refractivity contribution >= 4 is 0 Å². The van der Waals surface area contributed by atoms with Crippen molar-refractivity contribution in [3.63, 3.8) is 0 Å². The van der Waals surface area contributed by atoms with Crippen molar-refractivity contribution in [2.75, 3.05) is 0 Å². The first-order valence-electron chi connectivity index (χ1n) is 7.03. The number of benzene rings is 2. The van der Waals surface area contributed by atoms with Crippen LogP contribution in [0.3, 0.4) is 0 Å². The zero-order valence-electron chi connectivity index (χ0n) is 12.8. The minimum atomic E-state index is -4.67. The lowest BCUT2D eigenvalue weighted by atomic mass is 9.85. The Kier molecular flexibility index (Phi) is 4.32. The van der Waals surface area contributed by atoms with Gasteiger partial charge in [-0.3, -0.25) is 0 Å². The predicted octanol–water partition coefficient (Wildman–Crippen LogP) is 6.10. The summed E-state index contributed by atoms with van der Waals surface area (Å²) < 4.78 is 51.7. The van der Waals surface area contributed by atoms with Gasteiger partial charge < -0.3 is 0 Å². The maximum absolute atomic E-state index is 13.8. The number of hydrogen-bond acceptors (Lipinski definition) is 0. The van der Waals surface area contributed by atoms with Crippen LogP contribution < -0.4 is 0 Å². The minimum Gasteiger partial charge on any atom is -0.206 e. The average Bonchev–Trinajstić information content (AvgIpc) is 2.35. The van der Waals surface area contributed by atoms with Gasteiger partial charge in [0, 0.05) is 0 Å². The summed E-state index contributed by atoms with van der Waals surface area (Å²) in [7, 11) is 0. The van der Waals surface area contributed by atoms with Crippen molar-refractivity contribution in [1.82, 2.24) is 0 Å². The van der Waals surface area contributed by atoms with E-state index in [0.29, 0.717) is 5.56 Å². The monoisotopic (exact) mass is 310 g/mol. The second-order valence-electron chi connectivity index (χ2n) is 6.59. The maximum Gasteiger partial charge on any atom is 0.419 e. The van der Waals surface area contributed by atoms with Gasteiger partial charge in [0.25, 0.3) is 0 Å². The molecule has 2 rings (SSSR count). The van der Waals surface area contributed by atoms with Crippen LogP contribution in [0.15, 0.2) is 42.5 Å². The van der Waals surface area contributed by atoms with Crippen LogP contribution in [0.25, 0.3) is 11.1 Å². The van der Waals surface area contributed by atoms with Gasteiger partial charge in [-0.2, -0.15) is 13.2 Å². The molecule has 0 amide bonds. The molecule has 0 N–H and O–H groups in total. The highest BCUT2D eigenvalue weighted by molar-refractivity contribution is 5.68. The molecule has 0 fully saturated rings. The molecule has 22 heavy (non-hydrogen) atoms. The summed E-state index contributed by atoms with van der Waals surface area (Å²) in [5.41, 5.74) is 1.02. The molecule has 0 spiro atoms. The summed E-state index contributed by atoms with van der Waals surface area (Å²) in [4.78, 5) is 0. The van der Waals surface area contributed by atoms with Crippen LogP contribution in [0.5, 0.6) is 0 Å². The Morgan fingerprint density at radius 3 is 2.09 bits per heavy atom. The average molecular weight is 310 g/mol. The van der Waals surface area contributed by atoms with Crippen LogP contribution in [0.4, 0.5) is 17.6 Å². The molecule has 0 aliphatic heterocycles. The van der Waals surface area contributed by atoms with E-state index >= 15 is 0 Å². The molecular weight excluding hydrogens is 292 g/mol. The van der Waals surface area contributed by atoms with Crippen molar-refractivity contribution in [2.24, 2.45) is 5.41 Å². The van der Waals surface area contributed by atoms with Gasteiger partial charge in [-0.1, -0.05) is 51.1 Å². The normalized spacial score (nSPS) is 12.5. The van der Waals surface area contributed by atoms with Gasteiger partial charge in [0.2, 0.25) is 0 Å². The number of rotatable bonds is 2. The molecule has 0 aromatic heterocycles. The molecule has 4 heteroatoms. The Morgan fingerprint density at radius 1 is 0.909 bits per heavy atom. The molecule has 0 radical (unpaired) electrons. The van der Waals surface area contributed by atoms with Crippen LogP contribution in [-0.4, -0.2) is 0 Å². The van der Waals surface area contributed by atoms with Crippen LogP contribution in [0.1, 0.15) is 31.9 Å². The molecule has 0 nitrogen and oxygen atoms in total. The van der Waals surface area contributed by atoms with E-state index in [2.05, 4.69) is 20.8 Å². The van der Waals surface area contributed by atoms with Gasteiger partial charge in [0.15, 0.2) is 0 Å². The molecule has 2 aromatic rings. The lowest BCUT2D eigenvalue weighted by molar-refractivity contribution is -0.139. The third-order valence-corrected chi connectivity index (χ3v) is 3.32. The summed E-state index contributed by atoms with van der Waals surface area (Å²) in [5, 5.41) is 0. The molecule has 0 unspecified atom stereocenters. The van der Waals surface area contributed by atoms with E-state index in [0.717, 1.165) is 29.7 Å². The Hall–Kier alpha value is -1.84. The predicted molar refractivity (Wildman–Crippen MR) is 80.0 cm³/mol. The quantitative estimate of drug-likeness (QED) is 0.588. The first kappa shape index (κ1) is 16.5. The van der Waals surface area contributed by atoms with Gasteiger partial charge in [-0.05, 0) is 40.7 Å². The summed E-state index contributed by atoms with van der Waals surface area (Å²) in [6, 6.07) is 10.5. The van der Waals surface area contributed by atoms with Gasteiger partial charge in [-0.25, -0.2) is 4.39 Å². The van der Waals surface area contributed by atoms with Gasteiger partial charge in [-0.15, -0.1) is 0 Å². The lowest BCUT2D eigenvalue weighted by Gasteiger charge is -2.21. The topological polar surface area (TPSA) is 0 Å². The molecule has 0 aliphatic carbocycles. The molecule has 0 atom stereocenters. The first-order chi connectivity index (χ1) is 10.1. The standard InChI is InChI=1S/C18H18F4/c1-17(2,3)11-13-6-4-5-7-14(13)12-8-9-15(16(19)10-12)18(20,21)22/h4-10H,11H2,1-3H3. The molecule has 0 bridgehead atoms. The van der Waals surface area contributed by atoms with Crippen molar-refractivity contribution in [3.8, 4) is 11.1 Å². The third kappa shape index (κ3) is 3.87. The molecule has 0 aliphatic rings. The Bertz CT molecular complexity index is 664. The molecule has 0 saturated carbocycles. The summed E-state index contributed by atoms with van der Waals surface area (Å²) in [6.45, 7) is 6.24. The van der Waals surface area contributed by atoms with Crippen LogP contribution >= 0.6 is 0 Å². The molecule has 0 heterocycles. The lowest BCUT2D eigenvalue weighted by Crippen LogP contribution is -2.10. The third-order valence-electron chi connectivity index (χ3n) is 3.32. The van der Waals surface area contributed by atoms with E-state index in [1.165, 1.54) is 6.07 Å². The van der Waals surface area contributed by atoms with E-state index in [-0.39, 0.29) is 5.41 Å². The highest BCUT2D eigenvalue weighted by atomic mass is 19.4. The van der Waals surface area contributed by atoms with Crippen molar-refractivity contribution in [1.29, 1.82) is 0 Å². The Morgan fingerprint density at radius 2 is 1.55 bits per heavy atom. The van der Waals surface area contributed by atoms with Crippen molar-refractivity contribution < 1.29 is 17.6 Å².